The maximum Gasteiger partial charge on any atom is 0.227 e. The van der Waals surface area contributed by atoms with Gasteiger partial charge in [-0.1, -0.05) is 0 Å². The van der Waals surface area contributed by atoms with Crippen molar-refractivity contribution < 1.29 is 14.2 Å². The number of benzene rings is 1. The number of aromatic nitrogens is 4. The molecule has 4 aromatic rings. The summed E-state index contributed by atoms with van der Waals surface area (Å²) < 4.78 is 16.3. The Balaban J connectivity index is 1.20. The van der Waals surface area contributed by atoms with Crippen LogP contribution in [0.15, 0.2) is 48.8 Å². The molecule has 0 bridgehead atoms. The van der Waals surface area contributed by atoms with Crippen LogP contribution in [0.3, 0.4) is 0 Å². The van der Waals surface area contributed by atoms with E-state index < -0.39 is 0 Å². The molecule has 4 heterocycles. The summed E-state index contributed by atoms with van der Waals surface area (Å²) in [5.41, 5.74) is 3.48. The number of anilines is 3. The Morgan fingerprint density at radius 2 is 1.71 bits per heavy atom. The molecule has 0 atom stereocenters. The first kappa shape index (κ1) is 28.3. The highest BCUT2D eigenvalue weighted by atomic mass is 32.1. The van der Waals surface area contributed by atoms with Crippen molar-refractivity contribution in [3.8, 4) is 33.3 Å². The maximum absolute atomic E-state index is 5.54. The van der Waals surface area contributed by atoms with Gasteiger partial charge in [0.15, 0.2) is 0 Å². The summed E-state index contributed by atoms with van der Waals surface area (Å²) in [7, 11) is 5.07. The zero-order valence-electron chi connectivity index (χ0n) is 24.4. The number of thiazole rings is 1. The van der Waals surface area contributed by atoms with Crippen LogP contribution in [0.4, 0.5) is 17.5 Å². The van der Waals surface area contributed by atoms with Gasteiger partial charge in [-0.15, -0.1) is 11.3 Å². The summed E-state index contributed by atoms with van der Waals surface area (Å²) in [6, 6.07) is 11.9. The van der Waals surface area contributed by atoms with Crippen LogP contribution >= 0.6 is 11.3 Å². The Morgan fingerprint density at radius 1 is 0.929 bits per heavy atom. The number of pyridine rings is 1. The molecule has 0 unspecified atom stereocenters. The summed E-state index contributed by atoms with van der Waals surface area (Å²) in [6.45, 7) is 5.66. The van der Waals surface area contributed by atoms with Crippen LogP contribution < -0.4 is 19.7 Å². The lowest BCUT2D eigenvalue weighted by Gasteiger charge is -2.35. The van der Waals surface area contributed by atoms with Crippen LogP contribution in [0, 0.1) is 5.92 Å². The predicted molar refractivity (Wildman–Crippen MR) is 166 cm³/mol. The number of piperazine rings is 1. The Morgan fingerprint density at radius 3 is 2.38 bits per heavy atom. The fourth-order valence-electron chi connectivity index (χ4n) is 5.08. The van der Waals surface area contributed by atoms with E-state index in [2.05, 4.69) is 26.2 Å². The van der Waals surface area contributed by atoms with Gasteiger partial charge >= 0.3 is 0 Å². The SMILES string of the molecule is COCCN1CCN(c2ccc(Nc3nccc(-c4sc(CC5CC5)nc4-c4cc(OC)cc(OC)c4)n3)cn2)CC1. The van der Waals surface area contributed by atoms with E-state index in [1.807, 2.05) is 36.5 Å². The second-order valence-corrected chi connectivity index (χ2v) is 11.7. The molecule has 0 radical (unpaired) electrons. The normalized spacial score (nSPS) is 15.5. The third-order valence-corrected chi connectivity index (χ3v) is 8.76. The van der Waals surface area contributed by atoms with E-state index in [0.29, 0.717) is 5.95 Å². The summed E-state index contributed by atoms with van der Waals surface area (Å²) >= 11 is 1.70. The quantitative estimate of drug-likeness (QED) is 0.240. The molecule has 1 N–H and O–H groups in total. The first-order chi connectivity index (χ1) is 20.6. The Hall–Kier alpha value is -3.80. The monoisotopic (exact) mass is 587 g/mol. The highest BCUT2D eigenvalue weighted by Crippen LogP contribution is 2.42. The van der Waals surface area contributed by atoms with Gasteiger partial charge in [-0.2, -0.15) is 0 Å². The maximum atomic E-state index is 5.54. The van der Waals surface area contributed by atoms with Crippen molar-refractivity contribution in [2.75, 3.05) is 70.9 Å². The number of hydrogen-bond donors (Lipinski definition) is 1. The van der Waals surface area contributed by atoms with E-state index in [1.165, 1.54) is 12.8 Å². The molecule has 2 aliphatic rings. The lowest BCUT2D eigenvalue weighted by Crippen LogP contribution is -2.47. The van der Waals surface area contributed by atoms with Gasteiger partial charge in [0.25, 0.3) is 0 Å². The average Bonchev–Trinajstić information content (AvgIpc) is 3.75. The predicted octanol–water partition coefficient (Wildman–Crippen LogP) is 5.14. The minimum Gasteiger partial charge on any atom is -0.497 e. The highest BCUT2D eigenvalue weighted by Gasteiger charge is 2.26. The smallest absolute Gasteiger partial charge is 0.227 e. The topological polar surface area (TPSA) is 97.8 Å². The van der Waals surface area contributed by atoms with E-state index >= 15 is 0 Å². The summed E-state index contributed by atoms with van der Waals surface area (Å²) in [5.74, 6) is 3.67. The Kier molecular flexibility index (Phi) is 8.78. The highest BCUT2D eigenvalue weighted by molar-refractivity contribution is 7.15. The molecule has 10 nitrogen and oxygen atoms in total. The van der Waals surface area contributed by atoms with Crippen LogP contribution in [-0.2, 0) is 11.2 Å². The molecule has 0 amide bonds. The molecule has 1 aliphatic carbocycles. The largest absolute Gasteiger partial charge is 0.497 e. The van der Waals surface area contributed by atoms with Crippen molar-refractivity contribution in [2.45, 2.75) is 19.3 Å². The second kappa shape index (κ2) is 13.0. The third kappa shape index (κ3) is 6.80. The molecular formula is C31H37N7O3S. The van der Waals surface area contributed by atoms with Crippen LogP contribution in [0.5, 0.6) is 11.5 Å². The first-order valence-corrected chi connectivity index (χ1v) is 15.2. The van der Waals surface area contributed by atoms with Gasteiger partial charge in [-0.3, -0.25) is 4.90 Å². The molecule has 0 spiro atoms. The summed E-state index contributed by atoms with van der Waals surface area (Å²) in [5, 5.41) is 4.46. The number of rotatable bonds is 12. The van der Waals surface area contributed by atoms with Crippen LogP contribution in [0.1, 0.15) is 17.8 Å². The van der Waals surface area contributed by atoms with Crippen molar-refractivity contribution in [3.05, 3.63) is 53.8 Å². The minimum atomic E-state index is 0.514. The lowest BCUT2D eigenvalue weighted by molar-refractivity contribution is 0.144. The molecule has 1 aliphatic heterocycles. The van der Waals surface area contributed by atoms with Gasteiger partial charge in [0, 0.05) is 64.1 Å². The zero-order valence-corrected chi connectivity index (χ0v) is 25.2. The molecule has 1 aromatic carbocycles. The molecule has 42 heavy (non-hydrogen) atoms. The number of hydrogen-bond acceptors (Lipinski definition) is 11. The van der Waals surface area contributed by atoms with Crippen LogP contribution in [-0.4, -0.2) is 85.5 Å². The number of nitrogens with zero attached hydrogens (tertiary/aromatic N) is 6. The number of ether oxygens (including phenoxy) is 3. The van der Waals surface area contributed by atoms with Crippen molar-refractivity contribution in [2.24, 2.45) is 5.92 Å². The molecule has 6 rings (SSSR count). The molecule has 1 saturated carbocycles. The first-order valence-electron chi connectivity index (χ1n) is 14.4. The van der Waals surface area contributed by atoms with E-state index in [0.717, 1.165) is 102 Å². The molecule has 220 valence electrons. The Labute approximate surface area is 250 Å². The fourth-order valence-corrected chi connectivity index (χ4v) is 6.25. The van der Waals surface area contributed by atoms with Crippen molar-refractivity contribution in [1.29, 1.82) is 0 Å². The van der Waals surface area contributed by atoms with E-state index in [-0.39, 0.29) is 0 Å². The summed E-state index contributed by atoms with van der Waals surface area (Å²) in [6.07, 6.45) is 7.17. The van der Waals surface area contributed by atoms with Crippen LogP contribution in [0.25, 0.3) is 21.8 Å². The summed E-state index contributed by atoms with van der Waals surface area (Å²) in [4.78, 5) is 24.9. The minimum absolute atomic E-state index is 0.514. The molecule has 11 heteroatoms. The second-order valence-electron chi connectivity index (χ2n) is 10.7. The molecule has 3 aromatic heterocycles. The fraction of sp³-hybridized carbons (Fsp3) is 0.419. The molecule has 1 saturated heterocycles. The van der Waals surface area contributed by atoms with Gasteiger partial charge in [0.2, 0.25) is 5.95 Å². The van der Waals surface area contributed by atoms with Gasteiger partial charge in [0.1, 0.15) is 17.3 Å². The van der Waals surface area contributed by atoms with Gasteiger partial charge in [-0.25, -0.2) is 19.9 Å². The van der Waals surface area contributed by atoms with Crippen LogP contribution in [0.2, 0.25) is 0 Å². The van der Waals surface area contributed by atoms with E-state index in [4.69, 9.17) is 29.2 Å². The number of methoxy groups -OCH3 is 3. The van der Waals surface area contributed by atoms with Gasteiger partial charge in [0.05, 0.1) is 54.0 Å². The third-order valence-electron chi connectivity index (χ3n) is 7.66. The molecular weight excluding hydrogens is 550 g/mol. The molecule has 2 fully saturated rings. The number of nitrogens with one attached hydrogen (secondary N) is 1. The van der Waals surface area contributed by atoms with Gasteiger partial charge in [-0.05, 0) is 49.1 Å². The van der Waals surface area contributed by atoms with E-state index in [9.17, 15) is 0 Å². The van der Waals surface area contributed by atoms with E-state index in [1.54, 1.807) is 38.9 Å². The van der Waals surface area contributed by atoms with Crippen molar-refractivity contribution in [3.63, 3.8) is 0 Å². The van der Waals surface area contributed by atoms with Crippen molar-refractivity contribution >= 4 is 28.8 Å². The van der Waals surface area contributed by atoms with Gasteiger partial charge < -0.3 is 24.4 Å². The average molecular weight is 588 g/mol. The Bertz CT molecular complexity index is 1460. The van der Waals surface area contributed by atoms with Crippen molar-refractivity contribution in [1.82, 2.24) is 24.8 Å². The standard InChI is InChI=1S/C31H37N7O3S/c1-39-15-14-37-10-12-38(13-11-37)27-7-6-23(20-33-27)34-31-32-9-8-26(35-31)30-29(36-28(42-30)16-21-4-5-21)22-17-24(40-2)19-25(18-22)41-3/h6-9,17-21H,4-5,10-16H2,1-3H3,(H,32,34,35). The zero-order chi connectivity index (χ0) is 28.9. The lowest BCUT2D eigenvalue weighted by atomic mass is 10.1.